The molecule has 0 aromatic carbocycles. The molecule has 3 rings (SSSR count). The summed E-state index contributed by atoms with van der Waals surface area (Å²) in [5, 5.41) is 4.20. The predicted molar refractivity (Wildman–Crippen MR) is 60.9 cm³/mol. The molecule has 1 aromatic rings. The van der Waals surface area contributed by atoms with Crippen molar-refractivity contribution >= 4 is 5.78 Å². The fourth-order valence-electron chi connectivity index (χ4n) is 2.99. The number of Topliss-reactive ketones (excluding diaryl/α,β-unsaturated/α-hetero) is 1. The van der Waals surface area contributed by atoms with Crippen molar-refractivity contribution in [1.29, 1.82) is 0 Å². The Kier molecular flexibility index (Phi) is 2.34. The van der Waals surface area contributed by atoms with Crippen LogP contribution < -0.4 is 0 Å². The van der Waals surface area contributed by atoms with E-state index in [0.29, 0.717) is 18.1 Å². The number of ketones is 1. The molecule has 1 aromatic heterocycles. The van der Waals surface area contributed by atoms with E-state index in [1.165, 1.54) is 6.42 Å². The standard InChI is InChI=1S/C13H18N2O/c1-2-15-8-9(7-14-15)3-13(16)12-5-10-4-11(10)6-12/h7-8,10-12H,2-6H2,1H3. The summed E-state index contributed by atoms with van der Waals surface area (Å²) in [7, 11) is 0. The Morgan fingerprint density at radius 2 is 2.19 bits per heavy atom. The van der Waals surface area contributed by atoms with Gasteiger partial charge in [-0.2, -0.15) is 5.10 Å². The van der Waals surface area contributed by atoms with Gasteiger partial charge in [-0.1, -0.05) is 0 Å². The molecular formula is C13H18N2O. The number of fused-ring (bicyclic) bond motifs is 1. The maximum Gasteiger partial charge on any atom is 0.140 e. The molecule has 2 aliphatic carbocycles. The van der Waals surface area contributed by atoms with E-state index < -0.39 is 0 Å². The second-order valence-corrected chi connectivity index (χ2v) is 5.27. The Labute approximate surface area is 95.8 Å². The van der Waals surface area contributed by atoms with E-state index in [4.69, 9.17) is 0 Å². The van der Waals surface area contributed by atoms with Gasteiger partial charge in [0.05, 0.1) is 6.20 Å². The van der Waals surface area contributed by atoms with E-state index in [0.717, 1.165) is 36.8 Å². The predicted octanol–water partition coefficient (Wildman–Crippen LogP) is 2.06. The van der Waals surface area contributed by atoms with Gasteiger partial charge >= 0.3 is 0 Å². The van der Waals surface area contributed by atoms with Gasteiger partial charge in [0, 0.05) is 25.1 Å². The topological polar surface area (TPSA) is 34.9 Å². The lowest BCUT2D eigenvalue weighted by Gasteiger charge is -2.08. The molecule has 0 spiro atoms. The first-order valence-electron chi connectivity index (χ1n) is 6.30. The van der Waals surface area contributed by atoms with Crippen molar-refractivity contribution in [3.05, 3.63) is 18.0 Å². The van der Waals surface area contributed by atoms with Crippen molar-refractivity contribution in [2.24, 2.45) is 17.8 Å². The molecule has 0 bridgehead atoms. The van der Waals surface area contributed by atoms with E-state index in [2.05, 4.69) is 12.0 Å². The molecule has 0 aliphatic heterocycles. The number of rotatable bonds is 4. The Bertz CT molecular complexity index is 400. The number of hydrogen-bond donors (Lipinski definition) is 0. The number of carbonyl (C=O) groups is 1. The number of carbonyl (C=O) groups excluding carboxylic acids is 1. The number of aryl methyl sites for hydroxylation is 1. The average Bonchev–Trinajstić information content (AvgIpc) is 2.74. The summed E-state index contributed by atoms with van der Waals surface area (Å²) in [6.45, 7) is 2.94. The maximum absolute atomic E-state index is 12.0. The molecule has 0 amide bonds. The van der Waals surface area contributed by atoms with Gasteiger partial charge in [0.15, 0.2) is 0 Å². The van der Waals surface area contributed by atoms with Crippen LogP contribution in [0.25, 0.3) is 0 Å². The highest BCUT2D eigenvalue weighted by atomic mass is 16.1. The van der Waals surface area contributed by atoms with Crippen LogP contribution in [-0.2, 0) is 17.8 Å². The van der Waals surface area contributed by atoms with Gasteiger partial charge in [0.1, 0.15) is 5.78 Å². The average molecular weight is 218 g/mol. The molecule has 16 heavy (non-hydrogen) atoms. The SMILES string of the molecule is CCn1cc(CC(=O)C2CC3CC3C2)cn1. The van der Waals surface area contributed by atoms with E-state index in [1.807, 2.05) is 17.1 Å². The fourth-order valence-corrected chi connectivity index (χ4v) is 2.99. The van der Waals surface area contributed by atoms with Crippen LogP contribution >= 0.6 is 0 Å². The maximum atomic E-state index is 12.0. The first-order chi connectivity index (χ1) is 7.76. The van der Waals surface area contributed by atoms with E-state index in [9.17, 15) is 4.79 Å². The third-order valence-electron chi connectivity index (χ3n) is 4.09. The molecule has 0 radical (unpaired) electrons. The molecule has 2 aliphatic rings. The van der Waals surface area contributed by atoms with Crippen LogP contribution in [0.5, 0.6) is 0 Å². The molecule has 2 fully saturated rings. The van der Waals surface area contributed by atoms with E-state index >= 15 is 0 Å². The van der Waals surface area contributed by atoms with E-state index in [-0.39, 0.29) is 0 Å². The second-order valence-electron chi connectivity index (χ2n) is 5.27. The highest BCUT2D eigenvalue weighted by molar-refractivity contribution is 5.83. The Hall–Kier alpha value is -1.12. The minimum absolute atomic E-state index is 0.355. The van der Waals surface area contributed by atoms with Crippen LogP contribution in [0.4, 0.5) is 0 Å². The summed E-state index contributed by atoms with van der Waals surface area (Å²) in [5.41, 5.74) is 1.08. The third kappa shape index (κ3) is 1.79. The van der Waals surface area contributed by atoms with Gasteiger partial charge in [-0.15, -0.1) is 0 Å². The normalized spacial score (nSPS) is 31.4. The van der Waals surface area contributed by atoms with E-state index in [1.54, 1.807) is 0 Å². The minimum atomic E-state index is 0.355. The van der Waals surface area contributed by atoms with Crippen molar-refractivity contribution in [2.45, 2.75) is 39.2 Å². The van der Waals surface area contributed by atoms with Crippen LogP contribution in [0.1, 0.15) is 31.7 Å². The first-order valence-corrected chi connectivity index (χ1v) is 6.30. The molecule has 3 nitrogen and oxygen atoms in total. The summed E-state index contributed by atoms with van der Waals surface area (Å²) in [5.74, 6) is 2.58. The zero-order valence-electron chi connectivity index (χ0n) is 9.72. The molecule has 0 saturated heterocycles. The Morgan fingerprint density at radius 1 is 1.44 bits per heavy atom. The zero-order chi connectivity index (χ0) is 11.1. The summed E-state index contributed by atoms with van der Waals surface area (Å²) >= 11 is 0. The van der Waals surface area contributed by atoms with Crippen LogP contribution in [-0.4, -0.2) is 15.6 Å². The van der Waals surface area contributed by atoms with Crippen molar-refractivity contribution in [3.8, 4) is 0 Å². The van der Waals surface area contributed by atoms with Gasteiger partial charge in [-0.25, -0.2) is 0 Å². The highest BCUT2D eigenvalue weighted by Crippen LogP contribution is 2.54. The zero-order valence-corrected chi connectivity index (χ0v) is 9.72. The van der Waals surface area contributed by atoms with Crippen LogP contribution in [0.2, 0.25) is 0 Å². The number of hydrogen-bond acceptors (Lipinski definition) is 2. The molecular weight excluding hydrogens is 200 g/mol. The quantitative estimate of drug-likeness (QED) is 0.775. The molecule has 2 atom stereocenters. The van der Waals surface area contributed by atoms with Gasteiger partial charge in [0.25, 0.3) is 0 Å². The Morgan fingerprint density at radius 3 is 2.81 bits per heavy atom. The third-order valence-corrected chi connectivity index (χ3v) is 4.09. The number of aromatic nitrogens is 2. The number of nitrogens with zero attached hydrogens (tertiary/aromatic N) is 2. The summed E-state index contributed by atoms with van der Waals surface area (Å²) in [6, 6.07) is 0. The van der Waals surface area contributed by atoms with Gasteiger partial charge in [0.2, 0.25) is 0 Å². The molecule has 2 saturated carbocycles. The summed E-state index contributed by atoms with van der Waals surface area (Å²) < 4.78 is 1.88. The molecule has 0 N–H and O–H groups in total. The minimum Gasteiger partial charge on any atom is -0.299 e. The molecule has 3 heteroatoms. The van der Waals surface area contributed by atoms with Gasteiger partial charge in [-0.05, 0) is 43.6 Å². The first kappa shape index (κ1) is 10.1. The van der Waals surface area contributed by atoms with Crippen molar-refractivity contribution in [3.63, 3.8) is 0 Å². The van der Waals surface area contributed by atoms with Crippen LogP contribution in [0, 0.1) is 17.8 Å². The summed E-state index contributed by atoms with van der Waals surface area (Å²) in [6.07, 6.45) is 8.11. The second kappa shape index (κ2) is 3.72. The summed E-state index contributed by atoms with van der Waals surface area (Å²) in [4.78, 5) is 12.0. The molecule has 1 heterocycles. The van der Waals surface area contributed by atoms with Gasteiger partial charge < -0.3 is 0 Å². The monoisotopic (exact) mass is 218 g/mol. The largest absolute Gasteiger partial charge is 0.299 e. The van der Waals surface area contributed by atoms with Crippen molar-refractivity contribution in [1.82, 2.24) is 9.78 Å². The fraction of sp³-hybridized carbons (Fsp3) is 0.692. The highest BCUT2D eigenvalue weighted by Gasteiger charge is 2.47. The molecule has 86 valence electrons. The lowest BCUT2D eigenvalue weighted by molar-refractivity contribution is -0.122. The van der Waals surface area contributed by atoms with Crippen molar-refractivity contribution < 1.29 is 4.79 Å². The Balaban J connectivity index is 1.59. The smallest absolute Gasteiger partial charge is 0.140 e. The van der Waals surface area contributed by atoms with Crippen molar-refractivity contribution in [2.75, 3.05) is 0 Å². The van der Waals surface area contributed by atoms with Crippen LogP contribution in [0.15, 0.2) is 12.4 Å². The van der Waals surface area contributed by atoms with Crippen LogP contribution in [0.3, 0.4) is 0 Å². The lowest BCUT2D eigenvalue weighted by Crippen LogP contribution is -2.15. The molecule has 2 unspecified atom stereocenters. The lowest BCUT2D eigenvalue weighted by atomic mass is 9.95. The van der Waals surface area contributed by atoms with Gasteiger partial charge in [-0.3, -0.25) is 9.48 Å².